The van der Waals surface area contributed by atoms with Gasteiger partial charge in [0.2, 0.25) is 17.3 Å². The van der Waals surface area contributed by atoms with Gasteiger partial charge in [0.1, 0.15) is 12.2 Å². The van der Waals surface area contributed by atoms with Crippen molar-refractivity contribution >= 4 is 11.8 Å². The summed E-state index contributed by atoms with van der Waals surface area (Å²) in [5.41, 5.74) is -2.47. The van der Waals surface area contributed by atoms with Gasteiger partial charge in [-0.05, 0) is 12.8 Å². The summed E-state index contributed by atoms with van der Waals surface area (Å²) >= 11 is 0. The van der Waals surface area contributed by atoms with Crippen molar-refractivity contribution in [1.29, 1.82) is 0 Å². The third-order valence-electron chi connectivity index (χ3n) is 4.46. The molecule has 1 unspecified atom stereocenters. The topological polar surface area (TPSA) is 143 Å². The van der Waals surface area contributed by atoms with Crippen molar-refractivity contribution in [1.82, 2.24) is 0 Å². The van der Waals surface area contributed by atoms with Crippen LogP contribution in [0.1, 0.15) is 52.4 Å². The molecule has 162 valence electrons. The van der Waals surface area contributed by atoms with E-state index in [1.54, 1.807) is 0 Å². The number of unbranched alkanes of at least 4 members (excludes halogenated alkanes) is 4. The van der Waals surface area contributed by atoms with Crippen LogP contribution < -0.4 is 0 Å². The molecule has 0 aromatic heterocycles. The van der Waals surface area contributed by atoms with Crippen LogP contribution in [-0.2, 0) is 23.8 Å². The predicted molar refractivity (Wildman–Crippen MR) is 98.0 cm³/mol. The highest BCUT2D eigenvalue weighted by molar-refractivity contribution is 6.03. The average molecular weight is 404 g/mol. The third kappa shape index (κ3) is 5.44. The van der Waals surface area contributed by atoms with Crippen molar-refractivity contribution in [3.8, 4) is 0 Å². The second-order valence-corrected chi connectivity index (χ2v) is 6.66. The molecule has 1 rings (SSSR count). The first-order chi connectivity index (χ1) is 13.4. The fourth-order valence-electron chi connectivity index (χ4n) is 2.82. The van der Waals surface area contributed by atoms with Gasteiger partial charge in [-0.15, -0.1) is 0 Å². The zero-order chi connectivity index (χ0) is 21.2. The number of aliphatic hydroxyl groups is 4. The van der Waals surface area contributed by atoms with Gasteiger partial charge in [0.25, 0.3) is 5.60 Å². The summed E-state index contributed by atoms with van der Waals surface area (Å²) < 4.78 is 16.2. The number of carbonyl (C=O) groups is 2. The Bertz CT molecular complexity index is 546. The summed E-state index contributed by atoms with van der Waals surface area (Å²) in [6, 6.07) is 0. The van der Waals surface area contributed by atoms with Crippen molar-refractivity contribution in [2.45, 2.75) is 70.2 Å². The highest BCUT2D eigenvalue weighted by Crippen LogP contribution is 2.39. The molecule has 0 spiro atoms. The molecule has 1 aliphatic heterocycles. The van der Waals surface area contributed by atoms with Crippen LogP contribution in [0.15, 0.2) is 11.5 Å². The number of aliphatic hydroxyl groups excluding tert-OH is 4. The number of hydrogen-bond acceptors (Lipinski definition) is 9. The number of ketones is 1. The van der Waals surface area contributed by atoms with Crippen molar-refractivity contribution in [3.63, 3.8) is 0 Å². The highest BCUT2D eigenvalue weighted by atomic mass is 16.6. The van der Waals surface area contributed by atoms with Gasteiger partial charge in [0.05, 0.1) is 26.4 Å². The average Bonchev–Trinajstić information content (AvgIpc) is 2.98. The van der Waals surface area contributed by atoms with Gasteiger partial charge in [0.15, 0.2) is 0 Å². The number of carbonyl (C=O) groups excluding carboxylic acids is 2. The van der Waals surface area contributed by atoms with E-state index in [1.165, 1.54) is 0 Å². The van der Waals surface area contributed by atoms with Gasteiger partial charge in [0, 0.05) is 0 Å². The Hall–Kier alpha value is -1.68. The fraction of sp³-hybridized carbons (Fsp3) is 0.789. The number of esters is 1. The minimum absolute atomic E-state index is 0.105. The molecule has 3 atom stereocenters. The molecule has 0 saturated heterocycles. The SMILES string of the molecule is CCCCCCOC1=C(OCCCC)[C@@](C(=O)C(O)CO)([C@@H](O)CO)OC1=O. The van der Waals surface area contributed by atoms with Gasteiger partial charge < -0.3 is 34.6 Å². The summed E-state index contributed by atoms with van der Waals surface area (Å²) in [6.07, 6.45) is 1.08. The molecule has 0 saturated carbocycles. The molecule has 0 radical (unpaired) electrons. The van der Waals surface area contributed by atoms with Crippen molar-refractivity contribution in [3.05, 3.63) is 11.5 Å². The summed E-state index contributed by atoms with van der Waals surface area (Å²) in [4.78, 5) is 25.1. The maximum absolute atomic E-state index is 12.7. The summed E-state index contributed by atoms with van der Waals surface area (Å²) in [5, 5.41) is 38.7. The maximum atomic E-state index is 12.7. The smallest absolute Gasteiger partial charge is 0.378 e. The maximum Gasteiger partial charge on any atom is 0.378 e. The third-order valence-corrected chi connectivity index (χ3v) is 4.46. The van der Waals surface area contributed by atoms with Crippen LogP contribution in [0.4, 0.5) is 0 Å². The van der Waals surface area contributed by atoms with E-state index in [9.17, 15) is 24.9 Å². The number of Topliss-reactive ketones (excluding diaryl/α,β-unsaturated/α-hetero) is 1. The summed E-state index contributed by atoms with van der Waals surface area (Å²) in [7, 11) is 0. The Balaban J connectivity index is 3.25. The van der Waals surface area contributed by atoms with Crippen molar-refractivity contribution in [2.24, 2.45) is 0 Å². The molecule has 9 heteroatoms. The molecule has 0 aromatic carbocycles. The molecule has 0 fully saturated rings. The molecule has 1 aliphatic rings. The predicted octanol–water partition coefficient (Wildman–Crippen LogP) is 0.183. The lowest BCUT2D eigenvalue weighted by molar-refractivity contribution is -0.179. The highest BCUT2D eigenvalue weighted by Gasteiger charge is 2.62. The lowest BCUT2D eigenvalue weighted by atomic mass is 9.87. The van der Waals surface area contributed by atoms with E-state index in [0.29, 0.717) is 12.8 Å². The molecule has 0 amide bonds. The molecule has 0 aliphatic carbocycles. The van der Waals surface area contributed by atoms with E-state index < -0.39 is 42.8 Å². The van der Waals surface area contributed by atoms with Gasteiger partial charge in [-0.25, -0.2) is 4.79 Å². The Labute approximate surface area is 164 Å². The van der Waals surface area contributed by atoms with Gasteiger partial charge in [-0.1, -0.05) is 39.5 Å². The molecule has 0 aromatic rings. The molecule has 4 N–H and O–H groups in total. The number of ether oxygens (including phenoxy) is 3. The lowest BCUT2D eigenvalue weighted by Crippen LogP contribution is -2.58. The molecule has 28 heavy (non-hydrogen) atoms. The first-order valence-electron chi connectivity index (χ1n) is 9.76. The van der Waals surface area contributed by atoms with E-state index in [4.69, 9.17) is 19.3 Å². The molecule has 1 heterocycles. The van der Waals surface area contributed by atoms with Crippen LogP contribution in [0.2, 0.25) is 0 Å². The summed E-state index contributed by atoms with van der Waals surface area (Å²) in [5.74, 6) is -2.96. The van der Waals surface area contributed by atoms with Gasteiger partial charge in [-0.3, -0.25) is 4.79 Å². The zero-order valence-electron chi connectivity index (χ0n) is 16.6. The normalized spacial score (nSPS) is 21.4. The van der Waals surface area contributed by atoms with Crippen LogP contribution in [0, 0.1) is 0 Å². The summed E-state index contributed by atoms with van der Waals surface area (Å²) in [6.45, 7) is 2.35. The van der Waals surface area contributed by atoms with Gasteiger partial charge in [-0.2, -0.15) is 0 Å². The minimum Gasteiger partial charge on any atom is -0.489 e. The zero-order valence-corrected chi connectivity index (χ0v) is 16.6. The minimum atomic E-state index is -2.47. The molecular formula is C19H32O9. The Morgan fingerprint density at radius 3 is 2.21 bits per heavy atom. The monoisotopic (exact) mass is 404 g/mol. The number of cyclic esters (lactones) is 1. The first kappa shape index (κ1) is 24.4. The number of rotatable bonds is 15. The van der Waals surface area contributed by atoms with E-state index in [-0.39, 0.29) is 24.7 Å². The van der Waals surface area contributed by atoms with Crippen LogP contribution in [-0.4, -0.2) is 76.4 Å². The Morgan fingerprint density at radius 2 is 1.64 bits per heavy atom. The fourth-order valence-corrected chi connectivity index (χ4v) is 2.82. The quantitative estimate of drug-likeness (QED) is 0.222. The van der Waals surface area contributed by atoms with Crippen LogP contribution in [0.3, 0.4) is 0 Å². The van der Waals surface area contributed by atoms with E-state index in [0.717, 1.165) is 25.7 Å². The van der Waals surface area contributed by atoms with Crippen LogP contribution in [0.5, 0.6) is 0 Å². The Kier molecular flexibility index (Phi) is 10.4. The van der Waals surface area contributed by atoms with E-state index in [1.807, 2.05) is 6.92 Å². The lowest BCUT2D eigenvalue weighted by Gasteiger charge is -2.33. The molecule has 0 bridgehead atoms. The molecular weight excluding hydrogens is 372 g/mol. The standard InChI is InChI=1S/C19H32O9/c1-3-5-7-8-10-26-15-17(27-9-6-4-2)19(14(23)12-21,28-18(15)25)16(24)13(22)11-20/h13-14,20-23H,3-12H2,1-2H3/t13?,14-,19-/m0/s1. The van der Waals surface area contributed by atoms with Gasteiger partial charge >= 0.3 is 5.97 Å². The van der Waals surface area contributed by atoms with Crippen LogP contribution in [0.25, 0.3) is 0 Å². The Morgan fingerprint density at radius 1 is 1.00 bits per heavy atom. The number of hydrogen-bond donors (Lipinski definition) is 4. The molecule has 9 nitrogen and oxygen atoms in total. The van der Waals surface area contributed by atoms with Crippen molar-refractivity contribution < 1.29 is 44.2 Å². The van der Waals surface area contributed by atoms with Crippen LogP contribution >= 0.6 is 0 Å². The van der Waals surface area contributed by atoms with E-state index in [2.05, 4.69) is 6.92 Å². The van der Waals surface area contributed by atoms with E-state index >= 15 is 0 Å². The largest absolute Gasteiger partial charge is 0.489 e. The second-order valence-electron chi connectivity index (χ2n) is 6.66. The first-order valence-corrected chi connectivity index (χ1v) is 9.76. The second kappa shape index (κ2) is 12.0. The van der Waals surface area contributed by atoms with Crippen molar-refractivity contribution in [2.75, 3.05) is 26.4 Å².